The molecule has 0 radical (unpaired) electrons. The van der Waals surface area contributed by atoms with Crippen molar-refractivity contribution in [3.63, 3.8) is 0 Å². The molecule has 0 aliphatic heterocycles. The molecule has 4 nitrogen and oxygen atoms in total. The molecule has 0 saturated heterocycles. The van der Waals surface area contributed by atoms with E-state index < -0.39 is 0 Å². The summed E-state index contributed by atoms with van der Waals surface area (Å²) in [6, 6.07) is 76.4. The van der Waals surface area contributed by atoms with Crippen LogP contribution in [0.1, 0.15) is 25.0 Å². The Morgan fingerprint density at radius 2 is 0.951 bits per heavy atom. The zero-order valence-electron chi connectivity index (χ0n) is 34.2. The van der Waals surface area contributed by atoms with Crippen LogP contribution in [0, 0.1) is 0 Å². The number of hydrogen-bond acceptors (Lipinski definition) is 1. The number of para-hydroxylation sites is 4. The fourth-order valence-corrected chi connectivity index (χ4v) is 9.20. The van der Waals surface area contributed by atoms with Gasteiger partial charge in [-0.1, -0.05) is 166 Å². The summed E-state index contributed by atoms with van der Waals surface area (Å²) in [5, 5.41) is 2.41. The molecule has 11 aromatic rings. The van der Waals surface area contributed by atoms with Crippen molar-refractivity contribution in [1.82, 2.24) is 18.7 Å². The molecule has 0 atom stereocenters. The molecule has 61 heavy (non-hydrogen) atoms. The van der Waals surface area contributed by atoms with Crippen LogP contribution in [0.4, 0.5) is 0 Å². The van der Waals surface area contributed by atoms with Crippen LogP contribution in [0.5, 0.6) is 0 Å². The molecule has 3 heterocycles. The normalized spacial score (nSPS) is 11.8. The zero-order valence-corrected chi connectivity index (χ0v) is 34.2. The van der Waals surface area contributed by atoms with E-state index in [0.717, 1.165) is 44.8 Å². The fourth-order valence-electron chi connectivity index (χ4n) is 9.20. The summed E-state index contributed by atoms with van der Waals surface area (Å²) in [5.41, 5.74) is 16.0. The summed E-state index contributed by atoms with van der Waals surface area (Å²) in [5.74, 6) is 0.883. The molecule has 0 bridgehead atoms. The second-order valence-electron chi connectivity index (χ2n) is 16.3. The van der Waals surface area contributed by atoms with Crippen LogP contribution in [0.25, 0.3) is 83.4 Å². The molecule has 4 heteroatoms. The van der Waals surface area contributed by atoms with Gasteiger partial charge in [0.15, 0.2) is 17.4 Å². The molecule has 290 valence electrons. The quantitative estimate of drug-likeness (QED) is 0.141. The summed E-state index contributed by atoms with van der Waals surface area (Å²) in [7, 11) is 0. The standard InChI is InChI=1S/C57H43N4/c1-57(2,43-22-16-25-46(37-43)60-39-59(45-23-10-5-11-24-45)52-30-14-15-31-53(52)60)44-32-33-50-49-26-12-13-29-51(49)61(54(50)38-44)55-36-42(34-35-58-55)56-47(40-18-6-3-7-19-40)27-17-28-48(56)41-20-8-4-9-21-41/h3-39H,1-2H3/q+1. The van der Waals surface area contributed by atoms with Crippen molar-refractivity contribution in [1.29, 1.82) is 0 Å². The Bertz CT molecular complexity index is 3320. The van der Waals surface area contributed by atoms with Crippen LogP contribution >= 0.6 is 0 Å². The van der Waals surface area contributed by atoms with Crippen LogP contribution in [-0.4, -0.2) is 18.7 Å². The van der Waals surface area contributed by atoms with Gasteiger partial charge in [-0.25, -0.2) is 4.98 Å². The van der Waals surface area contributed by atoms with Crippen molar-refractivity contribution in [2.75, 3.05) is 0 Å². The Kier molecular flexibility index (Phi) is 8.79. The number of hydrogen-bond donors (Lipinski definition) is 0. The summed E-state index contributed by atoms with van der Waals surface area (Å²) in [4.78, 5) is 5.11. The topological polar surface area (TPSA) is 27.7 Å². The van der Waals surface area contributed by atoms with Crippen LogP contribution in [0.15, 0.2) is 225 Å². The number of nitrogens with zero attached hydrogens (tertiary/aromatic N) is 4. The third kappa shape index (κ3) is 6.23. The van der Waals surface area contributed by atoms with E-state index in [9.17, 15) is 0 Å². The van der Waals surface area contributed by atoms with E-state index in [1.807, 2.05) is 6.20 Å². The fraction of sp³-hybridized carbons (Fsp3) is 0.0526. The van der Waals surface area contributed by atoms with Gasteiger partial charge in [0.05, 0.1) is 11.0 Å². The van der Waals surface area contributed by atoms with Crippen LogP contribution in [0.3, 0.4) is 0 Å². The molecule has 0 spiro atoms. The minimum Gasteiger partial charge on any atom is -0.294 e. The zero-order chi connectivity index (χ0) is 40.9. The summed E-state index contributed by atoms with van der Waals surface area (Å²) in [6.45, 7) is 4.67. The minimum atomic E-state index is -0.321. The van der Waals surface area contributed by atoms with Crippen molar-refractivity contribution in [2.45, 2.75) is 19.3 Å². The van der Waals surface area contributed by atoms with E-state index in [4.69, 9.17) is 4.98 Å². The van der Waals surface area contributed by atoms with Crippen LogP contribution < -0.4 is 0 Å². The molecular weight excluding hydrogens is 741 g/mol. The first-order chi connectivity index (χ1) is 30.0. The molecule has 0 fully saturated rings. The minimum absolute atomic E-state index is 0.321. The summed E-state index contributed by atoms with van der Waals surface area (Å²) < 4.78 is 6.93. The van der Waals surface area contributed by atoms with Crippen molar-refractivity contribution in [3.05, 3.63) is 236 Å². The van der Waals surface area contributed by atoms with Crippen molar-refractivity contribution in [3.8, 4) is 50.6 Å². The average molecular weight is 784 g/mol. The van der Waals surface area contributed by atoms with Crippen molar-refractivity contribution >= 4 is 32.8 Å². The third-order valence-electron chi connectivity index (χ3n) is 12.4. The lowest BCUT2D eigenvalue weighted by molar-refractivity contribution is 0.641. The molecule has 0 aliphatic rings. The molecule has 0 unspecified atom stereocenters. The molecule has 0 amide bonds. The summed E-state index contributed by atoms with van der Waals surface area (Å²) >= 11 is 0. The third-order valence-corrected chi connectivity index (χ3v) is 12.4. The highest BCUT2D eigenvalue weighted by molar-refractivity contribution is 6.09. The van der Waals surface area contributed by atoms with Gasteiger partial charge >= 0.3 is 0 Å². The number of benzene rings is 8. The number of fused-ring (bicyclic) bond motifs is 4. The lowest BCUT2D eigenvalue weighted by Gasteiger charge is -2.26. The highest BCUT2D eigenvalue weighted by Gasteiger charge is 2.27. The molecule has 0 N–H and O–H groups in total. The smallest absolute Gasteiger partial charge is 0.168 e. The van der Waals surface area contributed by atoms with E-state index in [2.05, 4.69) is 246 Å². The maximum absolute atomic E-state index is 5.11. The van der Waals surface area contributed by atoms with Gasteiger partial charge in [-0.3, -0.25) is 4.57 Å². The van der Waals surface area contributed by atoms with Gasteiger partial charge in [0.2, 0.25) is 0 Å². The van der Waals surface area contributed by atoms with Gasteiger partial charge in [0.25, 0.3) is 0 Å². The number of pyridine rings is 1. The SMILES string of the molecule is CC(C)(c1cccc(-n2[cH+]n(-c3ccccc3)c3ccccc32)c1)c1ccc2c3ccccc3n(-c3cc(-c4c(-c5ccccc5)cccc4-c4ccccc4)ccn3)c2c1. The van der Waals surface area contributed by atoms with E-state index in [1.165, 1.54) is 49.7 Å². The lowest BCUT2D eigenvalue weighted by atomic mass is 9.77. The summed E-state index contributed by atoms with van der Waals surface area (Å²) in [6.07, 6.45) is 4.17. The highest BCUT2D eigenvalue weighted by atomic mass is 15.1. The first kappa shape index (κ1) is 36.3. The maximum atomic E-state index is 5.11. The lowest BCUT2D eigenvalue weighted by Crippen LogP contribution is -2.19. The van der Waals surface area contributed by atoms with Gasteiger partial charge in [-0.2, -0.15) is 9.13 Å². The van der Waals surface area contributed by atoms with E-state index in [0.29, 0.717) is 0 Å². The molecular formula is C57H43N4+. The predicted molar refractivity (Wildman–Crippen MR) is 254 cm³/mol. The van der Waals surface area contributed by atoms with Crippen LogP contribution in [-0.2, 0) is 5.41 Å². The Labute approximate surface area is 355 Å². The van der Waals surface area contributed by atoms with Gasteiger partial charge in [0.1, 0.15) is 17.2 Å². The second-order valence-corrected chi connectivity index (χ2v) is 16.3. The molecule has 8 aromatic carbocycles. The van der Waals surface area contributed by atoms with Crippen molar-refractivity contribution in [2.24, 2.45) is 0 Å². The Hall–Kier alpha value is -7.82. The van der Waals surface area contributed by atoms with E-state index >= 15 is 0 Å². The Morgan fingerprint density at radius 1 is 0.410 bits per heavy atom. The largest absolute Gasteiger partial charge is 0.294 e. The van der Waals surface area contributed by atoms with Gasteiger partial charge < -0.3 is 0 Å². The van der Waals surface area contributed by atoms with Gasteiger partial charge in [-0.15, -0.1) is 0 Å². The number of imidazole rings is 1. The monoisotopic (exact) mass is 783 g/mol. The second kappa shape index (κ2) is 14.8. The predicted octanol–water partition coefficient (Wildman–Crippen LogP) is 14.5. The highest BCUT2D eigenvalue weighted by Crippen LogP contribution is 2.42. The van der Waals surface area contributed by atoms with E-state index in [1.54, 1.807) is 0 Å². The van der Waals surface area contributed by atoms with Gasteiger partial charge in [-0.05, 0) is 87.0 Å². The molecule has 11 rings (SSSR count). The number of aromatic nitrogens is 4. The first-order valence-corrected chi connectivity index (χ1v) is 21.0. The molecule has 0 aliphatic carbocycles. The first-order valence-electron chi connectivity index (χ1n) is 21.0. The maximum Gasteiger partial charge on any atom is 0.168 e. The Balaban J connectivity index is 1.05. The number of rotatable bonds is 8. The average Bonchev–Trinajstić information content (AvgIpc) is 3.88. The van der Waals surface area contributed by atoms with E-state index in [-0.39, 0.29) is 5.41 Å². The Morgan fingerprint density at radius 3 is 1.64 bits per heavy atom. The molecule has 3 aromatic heterocycles. The van der Waals surface area contributed by atoms with Crippen molar-refractivity contribution < 1.29 is 0 Å². The van der Waals surface area contributed by atoms with Gasteiger partial charge in [0, 0.05) is 40.6 Å². The molecule has 0 saturated carbocycles. The van der Waals surface area contributed by atoms with Crippen LogP contribution in [0.2, 0.25) is 0 Å².